The van der Waals surface area contributed by atoms with Crippen molar-refractivity contribution < 1.29 is 23.2 Å². The average Bonchev–Trinajstić information content (AvgIpc) is 3.12. The minimum Gasteiger partial charge on any atom is -0.392 e. The van der Waals surface area contributed by atoms with E-state index >= 15 is 0 Å². The Morgan fingerprint density at radius 1 is 1.35 bits per heavy atom. The summed E-state index contributed by atoms with van der Waals surface area (Å²) in [5.74, 6) is 0.123. The van der Waals surface area contributed by atoms with E-state index in [1.165, 1.54) is 12.1 Å². The van der Waals surface area contributed by atoms with Crippen molar-refractivity contribution in [3.8, 4) is 0 Å². The maximum absolute atomic E-state index is 12.7. The number of halogens is 3. The third-order valence-corrected chi connectivity index (χ3v) is 4.54. The lowest BCUT2D eigenvalue weighted by Gasteiger charge is -2.32. The molecule has 2 N–H and O–H groups in total. The normalized spacial score (nSPS) is 16.1. The number of H-pyrrole nitrogens is 1. The van der Waals surface area contributed by atoms with Crippen molar-refractivity contribution in [3.05, 3.63) is 51.6 Å². The lowest BCUT2D eigenvalue weighted by molar-refractivity contribution is -0.384. The Hall–Kier alpha value is -2.62. The molecule has 7 nitrogen and oxygen atoms in total. The van der Waals surface area contributed by atoms with Crippen molar-refractivity contribution in [3.63, 3.8) is 0 Å². The Bertz CT molecular complexity index is 798. The molecule has 1 aliphatic heterocycles. The van der Waals surface area contributed by atoms with E-state index in [0.717, 1.165) is 6.20 Å². The van der Waals surface area contributed by atoms with Crippen LogP contribution in [0.25, 0.3) is 0 Å². The van der Waals surface area contributed by atoms with Gasteiger partial charge in [0.1, 0.15) is 17.2 Å². The number of aromatic nitrogens is 2. The summed E-state index contributed by atoms with van der Waals surface area (Å²) in [6.07, 6.45) is -2.63. The molecule has 1 saturated heterocycles. The predicted octanol–water partition coefficient (Wildman–Crippen LogP) is 3.21. The summed E-state index contributed by atoms with van der Waals surface area (Å²) in [7, 11) is 0. The van der Waals surface area contributed by atoms with E-state index in [0.29, 0.717) is 37.2 Å². The number of aromatic amines is 1. The van der Waals surface area contributed by atoms with Gasteiger partial charge in [-0.1, -0.05) is 0 Å². The average molecular weight is 370 g/mol. The van der Waals surface area contributed by atoms with E-state index in [2.05, 4.69) is 9.97 Å². The van der Waals surface area contributed by atoms with E-state index in [1.54, 1.807) is 6.07 Å². The van der Waals surface area contributed by atoms with Gasteiger partial charge in [0.25, 0.3) is 5.69 Å². The molecule has 3 rings (SSSR count). The second-order valence-electron chi connectivity index (χ2n) is 6.18. The molecule has 0 atom stereocenters. The number of aliphatic hydroxyl groups excluding tert-OH is 1. The molecule has 26 heavy (non-hydrogen) atoms. The number of hydrogen-bond acceptors (Lipinski definition) is 5. The van der Waals surface area contributed by atoms with E-state index in [-0.39, 0.29) is 24.0 Å². The van der Waals surface area contributed by atoms with Gasteiger partial charge in [-0.25, -0.2) is 4.98 Å². The number of rotatable bonds is 4. The van der Waals surface area contributed by atoms with Crippen molar-refractivity contribution >= 4 is 11.4 Å². The van der Waals surface area contributed by atoms with Gasteiger partial charge in [-0.15, -0.1) is 0 Å². The van der Waals surface area contributed by atoms with Crippen molar-refractivity contribution in [2.45, 2.75) is 31.5 Å². The van der Waals surface area contributed by atoms with Crippen LogP contribution in [0.4, 0.5) is 24.5 Å². The summed E-state index contributed by atoms with van der Waals surface area (Å²) in [5.41, 5.74) is 0.0447. The molecule has 1 aliphatic rings. The topological polar surface area (TPSA) is 95.3 Å². The number of piperidine rings is 1. The van der Waals surface area contributed by atoms with Crippen molar-refractivity contribution in [1.29, 1.82) is 0 Å². The van der Waals surface area contributed by atoms with Crippen LogP contribution in [0, 0.1) is 10.1 Å². The van der Waals surface area contributed by atoms with Gasteiger partial charge in [-0.2, -0.15) is 13.2 Å². The molecule has 1 aromatic heterocycles. The number of anilines is 1. The fraction of sp³-hybridized carbons (Fsp3) is 0.438. The summed E-state index contributed by atoms with van der Waals surface area (Å²) >= 11 is 0. The first-order valence-electron chi connectivity index (χ1n) is 8.05. The molecular formula is C16H17F3N4O3. The van der Waals surface area contributed by atoms with Gasteiger partial charge >= 0.3 is 6.18 Å². The minimum absolute atomic E-state index is 0.0574. The SMILES string of the molecule is O=[N+]([O-])c1ccc(CO)cc1N1CCC(c2ncc(C(F)(F)F)[nH]2)CC1. The fourth-order valence-corrected chi connectivity index (χ4v) is 3.16. The number of imidazole rings is 1. The number of nitrogens with zero attached hydrogens (tertiary/aromatic N) is 3. The van der Waals surface area contributed by atoms with Crippen molar-refractivity contribution in [2.75, 3.05) is 18.0 Å². The molecule has 10 heteroatoms. The van der Waals surface area contributed by atoms with E-state index < -0.39 is 16.8 Å². The first-order chi connectivity index (χ1) is 12.3. The van der Waals surface area contributed by atoms with Crippen LogP contribution >= 0.6 is 0 Å². The highest BCUT2D eigenvalue weighted by Gasteiger charge is 2.34. The molecule has 0 saturated carbocycles. The van der Waals surface area contributed by atoms with E-state index in [9.17, 15) is 28.4 Å². The number of alkyl halides is 3. The van der Waals surface area contributed by atoms with Crippen LogP contribution in [0.2, 0.25) is 0 Å². The van der Waals surface area contributed by atoms with Gasteiger partial charge in [0.2, 0.25) is 0 Å². The maximum Gasteiger partial charge on any atom is 0.432 e. The molecule has 2 aromatic rings. The van der Waals surface area contributed by atoms with Crippen LogP contribution in [0.15, 0.2) is 24.4 Å². The molecule has 1 fully saturated rings. The van der Waals surface area contributed by atoms with Gasteiger partial charge in [-0.3, -0.25) is 10.1 Å². The molecular weight excluding hydrogens is 353 g/mol. The summed E-state index contributed by atoms with van der Waals surface area (Å²) < 4.78 is 38.0. The summed E-state index contributed by atoms with van der Waals surface area (Å²) in [4.78, 5) is 18.8. The largest absolute Gasteiger partial charge is 0.432 e. The molecule has 0 bridgehead atoms. The third-order valence-electron chi connectivity index (χ3n) is 4.54. The van der Waals surface area contributed by atoms with Crippen LogP contribution in [0.3, 0.4) is 0 Å². The minimum atomic E-state index is -4.46. The monoisotopic (exact) mass is 370 g/mol. The molecule has 0 spiro atoms. The molecule has 1 aromatic carbocycles. The second-order valence-corrected chi connectivity index (χ2v) is 6.18. The number of nitrogens with one attached hydrogen (secondary N) is 1. The molecule has 0 amide bonds. The highest BCUT2D eigenvalue weighted by atomic mass is 19.4. The quantitative estimate of drug-likeness (QED) is 0.636. The number of benzene rings is 1. The summed E-state index contributed by atoms with van der Waals surface area (Å²) in [5, 5.41) is 20.5. The van der Waals surface area contributed by atoms with Crippen molar-refractivity contribution in [2.24, 2.45) is 0 Å². The lowest BCUT2D eigenvalue weighted by Crippen LogP contribution is -2.33. The van der Waals surface area contributed by atoms with Crippen LogP contribution in [-0.4, -0.2) is 33.1 Å². The first kappa shape index (κ1) is 18.2. The molecule has 0 radical (unpaired) electrons. The number of aliphatic hydroxyl groups is 1. The van der Waals surface area contributed by atoms with Gasteiger partial charge < -0.3 is 15.0 Å². The van der Waals surface area contributed by atoms with Gasteiger partial charge in [0, 0.05) is 25.1 Å². The lowest BCUT2D eigenvalue weighted by atomic mass is 9.95. The van der Waals surface area contributed by atoms with Gasteiger partial charge in [0.15, 0.2) is 0 Å². The Morgan fingerprint density at radius 3 is 2.58 bits per heavy atom. The Morgan fingerprint density at radius 2 is 2.04 bits per heavy atom. The zero-order valence-corrected chi connectivity index (χ0v) is 13.7. The number of hydrogen-bond donors (Lipinski definition) is 2. The number of nitro groups is 1. The van der Waals surface area contributed by atoms with Crippen LogP contribution in [0.1, 0.15) is 35.8 Å². The van der Waals surface area contributed by atoms with Gasteiger partial charge in [-0.05, 0) is 30.5 Å². The van der Waals surface area contributed by atoms with Crippen LogP contribution < -0.4 is 4.90 Å². The van der Waals surface area contributed by atoms with Crippen LogP contribution in [0.5, 0.6) is 0 Å². The first-order valence-corrected chi connectivity index (χ1v) is 8.05. The predicted molar refractivity (Wildman–Crippen MR) is 86.8 cm³/mol. The smallest absolute Gasteiger partial charge is 0.392 e. The number of nitro benzene ring substituents is 1. The highest BCUT2D eigenvalue weighted by molar-refractivity contribution is 5.64. The zero-order chi connectivity index (χ0) is 18.9. The summed E-state index contributed by atoms with van der Waals surface area (Å²) in [6.45, 7) is 0.666. The van der Waals surface area contributed by atoms with Crippen LogP contribution in [-0.2, 0) is 12.8 Å². The second kappa shape index (κ2) is 6.94. The molecule has 0 unspecified atom stereocenters. The molecule has 140 valence electrons. The Balaban J connectivity index is 1.74. The molecule has 0 aliphatic carbocycles. The Kier molecular flexibility index (Phi) is 4.86. The molecule has 2 heterocycles. The fourth-order valence-electron chi connectivity index (χ4n) is 3.16. The van der Waals surface area contributed by atoms with E-state index in [1.807, 2.05) is 4.90 Å². The third kappa shape index (κ3) is 3.64. The maximum atomic E-state index is 12.7. The Labute approximate surface area is 146 Å². The standard InChI is InChI=1S/C16H17F3N4O3/c17-16(18,19)14-8-20-15(21-14)11-3-5-22(6-4-11)13-7-10(9-24)1-2-12(13)23(25)26/h1-2,7-8,11,24H,3-6,9H2,(H,20,21). The van der Waals surface area contributed by atoms with Gasteiger partial charge in [0.05, 0.1) is 17.7 Å². The zero-order valence-electron chi connectivity index (χ0n) is 13.7. The summed E-state index contributed by atoms with van der Waals surface area (Å²) in [6, 6.07) is 4.43. The van der Waals surface area contributed by atoms with E-state index in [4.69, 9.17) is 0 Å². The highest BCUT2D eigenvalue weighted by Crippen LogP contribution is 2.35. The van der Waals surface area contributed by atoms with Crippen molar-refractivity contribution in [1.82, 2.24) is 9.97 Å².